The van der Waals surface area contributed by atoms with Crippen molar-refractivity contribution in [3.63, 3.8) is 0 Å². The second kappa shape index (κ2) is 9.82. The molecule has 23 heavy (non-hydrogen) atoms. The number of ketones is 1. The molecule has 4 heteroatoms. The van der Waals surface area contributed by atoms with Crippen LogP contribution in [-0.4, -0.2) is 22.4 Å². The molecule has 0 saturated heterocycles. The average molecular weight is 314 g/mol. The van der Waals surface area contributed by atoms with Crippen LogP contribution < -0.4 is 4.74 Å². The number of unbranched alkanes of at least 4 members (excludes halogenated alkanes) is 3. The van der Waals surface area contributed by atoms with Crippen LogP contribution in [0.2, 0.25) is 0 Å². The molecule has 0 aliphatic carbocycles. The standard InChI is InChI=1S/C19H26N2O2/c1-2-3-4-5-8-19(22)16-9-11-18(12-10-16)23-13-6-7-17-14-20-15-21-17/h9-12,14-15H,2-8,13H2,1H3,(H,20,21). The van der Waals surface area contributed by atoms with Crippen molar-refractivity contribution in [3.05, 3.63) is 48.0 Å². The maximum atomic E-state index is 12.1. The number of carbonyl (C=O) groups is 1. The quantitative estimate of drug-likeness (QED) is 0.488. The van der Waals surface area contributed by atoms with Crippen molar-refractivity contribution in [1.29, 1.82) is 0 Å². The number of Topliss-reactive ketones (excluding diaryl/α,β-unsaturated/α-hetero) is 1. The summed E-state index contributed by atoms with van der Waals surface area (Å²) in [4.78, 5) is 19.2. The third kappa shape index (κ3) is 6.27. The van der Waals surface area contributed by atoms with Crippen molar-refractivity contribution in [1.82, 2.24) is 9.97 Å². The van der Waals surface area contributed by atoms with Crippen LogP contribution in [0.4, 0.5) is 0 Å². The minimum absolute atomic E-state index is 0.228. The molecule has 0 atom stereocenters. The molecule has 1 aromatic heterocycles. The predicted molar refractivity (Wildman–Crippen MR) is 91.9 cm³/mol. The number of aromatic amines is 1. The van der Waals surface area contributed by atoms with E-state index in [0.717, 1.165) is 42.7 Å². The van der Waals surface area contributed by atoms with E-state index in [-0.39, 0.29) is 5.78 Å². The largest absolute Gasteiger partial charge is 0.494 e. The van der Waals surface area contributed by atoms with Crippen molar-refractivity contribution >= 4 is 5.78 Å². The summed E-state index contributed by atoms with van der Waals surface area (Å²) in [6.45, 7) is 2.83. The van der Waals surface area contributed by atoms with Crippen LogP contribution in [0.15, 0.2) is 36.8 Å². The van der Waals surface area contributed by atoms with Crippen LogP contribution in [-0.2, 0) is 6.42 Å². The Morgan fingerprint density at radius 1 is 1.13 bits per heavy atom. The van der Waals surface area contributed by atoms with Gasteiger partial charge in [-0.3, -0.25) is 4.79 Å². The predicted octanol–water partition coefficient (Wildman–Crippen LogP) is 4.57. The van der Waals surface area contributed by atoms with E-state index >= 15 is 0 Å². The van der Waals surface area contributed by atoms with Crippen molar-refractivity contribution in [2.45, 2.75) is 51.9 Å². The molecule has 0 fully saturated rings. The van der Waals surface area contributed by atoms with E-state index in [0.29, 0.717) is 13.0 Å². The Morgan fingerprint density at radius 3 is 2.65 bits per heavy atom. The van der Waals surface area contributed by atoms with E-state index in [1.807, 2.05) is 30.5 Å². The molecule has 0 saturated carbocycles. The molecule has 0 radical (unpaired) electrons. The van der Waals surface area contributed by atoms with E-state index in [2.05, 4.69) is 16.9 Å². The first-order valence-corrected chi connectivity index (χ1v) is 8.53. The zero-order valence-corrected chi connectivity index (χ0v) is 13.9. The number of nitrogens with zero attached hydrogens (tertiary/aromatic N) is 1. The summed E-state index contributed by atoms with van der Waals surface area (Å²) in [6, 6.07) is 7.50. The number of aromatic nitrogens is 2. The molecule has 0 unspecified atom stereocenters. The number of H-pyrrole nitrogens is 1. The topological polar surface area (TPSA) is 55.0 Å². The van der Waals surface area contributed by atoms with Gasteiger partial charge < -0.3 is 9.72 Å². The maximum Gasteiger partial charge on any atom is 0.162 e. The van der Waals surface area contributed by atoms with Crippen LogP contribution >= 0.6 is 0 Å². The lowest BCUT2D eigenvalue weighted by molar-refractivity contribution is 0.0979. The molecular weight excluding hydrogens is 288 g/mol. The molecule has 2 rings (SSSR count). The lowest BCUT2D eigenvalue weighted by Gasteiger charge is -2.06. The fourth-order valence-electron chi connectivity index (χ4n) is 2.46. The maximum absolute atomic E-state index is 12.1. The van der Waals surface area contributed by atoms with Crippen LogP contribution in [0, 0.1) is 0 Å². The fraction of sp³-hybridized carbons (Fsp3) is 0.474. The van der Waals surface area contributed by atoms with E-state index in [1.54, 1.807) is 6.33 Å². The summed E-state index contributed by atoms with van der Waals surface area (Å²) in [5, 5.41) is 0. The molecule has 1 N–H and O–H groups in total. The van der Waals surface area contributed by atoms with Gasteiger partial charge in [0.05, 0.1) is 18.6 Å². The van der Waals surface area contributed by atoms with Gasteiger partial charge in [0.2, 0.25) is 0 Å². The number of imidazole rings is 1. The third-order valence-corrected chi connectivity index (χ3v) is 3.83. The zero-order valence-electron chi connectivity index (χ0n) is 13.9. The second-order valence-corrected chi connectivity index (χ2v) is 5.77. The van der Waals surface area contributed by atoms with E-state index < -0.39 is 0 Å². The van der Waals surface area contributed by atoms with Gasteiger partial charge >= 0.3 is 0 Å². The number of carbonyl (C=O) groups excluding carboxylic acids is 1. The molecule has 4 nitrogen and oxygen atoms in total. The van der Waals surface area contributed by atoms with Gasteiger partial charge in [-0.25, -0.2) is 4.98 Å². The van der Waals surface area contributed by atoms with Crippen LogP contribution in [0.3, 0.4) is 0 Å². The van der Waals surface area contributed by atoms with E-state index in [9.17, 15) is 4.79 Å². The lowest BCUT2D eigenvalue weighted by Crippen LogP contribution is -2.01. The van der Waals surface area contributed by atoms with Gasteiger partial charge in [0.25, 0.3) is 0 Å². The van der Waals surface area contributed by atoms with Gasteiger partial charge in [0.1, 0.15) is 5.75 Å². The molecule has 0 aliphatic rings. The Morgan fingerprint density at radius 2 is 1.96 bits per heavy atom. The second-order valence-electron chi connectivity index (χ2n) is 5.77. The summed E-state index contributed by atoms with van der Waals surface area (Å²) in [6.07, 6.45) is 10.6. The lowest BCUT2D eigenvalue weighted by atomic mass is 10.0. The number of rotatable bonds is 11. The number of aryl methyl sites for hydroxylation is 1. The number of ether oxygens (including phenoxy) is 1. The molecule has 0 amide bonds. The summed E-state index contributed by atoms with van der Waals surface area (Å²) in [5.74, 6) is 1.04. The fourth-order valence-corrected chi connectivity index (χ4v) is 2.46. The van der Waals surface area contributed by atoms with Crippen molar-refractivity contribution < 1.29 is 9.53 Å². The third-order valence-electron chi connectivity index (χ3n) is 3.83. The molecule has 0 spiro atoms. The minimum Gasteiger partial charge on any atom is -0.494 e. The Kier molecular flexibility index (Phi) is 7.37. The number of hydrogen-bond donors (Lipinski definition) is 1. The van der Waals surface area contributed by atoms with E-state index in [1.165, 1.54) is 12.8 Å². The summed E-state index contributed by atoms with van der Waals surface area (Å²) >= 11 is 0. The highest BCUT2D eigenvalue weighted by Gasteiger charge is 2.05. The molecule has 1 heterocycles. The van der Waals surface area contributed by atoms with Crippen molar-refractivity contribution in [2.75, 3.05) is 6.61 Å². The van der Waals surface area contributed by atoms with Gasteiger partial charge in [-0.1, -0.05) is 26.2 Å². The van der Waals surface area contributed by atoms with Gasteiger partial charge in [-0.05, 0) is 43.5 Å². The van der Waals surface area contributed by atoms with Gasteiger partial charge in [0.15, 0.2) is 5.78 Å². The van der Waals surface area contributed by atoms with Crippen molar-refractivity contribution in [3.8, 4) is 5.75 Å². The van der Waals surface area contributed by atoms with Crippen LogP contribution in [0.25, 0.3) is 0 Å². The Hall–Kier alpha value is -2.10. The van der Waals surface area contributed by atoms with Gasteiger partial charge in [0, 0.05) is 18.2 Å². The first-order valence-electron chi connectivity index (χ1n) is 8.53. The molecule has 0 aliphatic heterocycles. The van der Waals surface area contributed by atoms with Crippen molar-refractivity contribution in [2.24, 2.45) is 0 Å². The highest BCUT2D eigenvalue weighted by molar-refractivity contribution is 5.96. The smallest absolute Gasteiger partial charge is 0.162 e. The number of hydrogen-bond acceptors (Lipinski definition) is 3. The van der Waals surface area contributed by atoms with E-state index in [4.69, 9.17) is 4.74 Å². The summed E-state index contributed by atoms with van der Waals surface area (Å²) in [5.41, 5.74) is 1.84. The molecule has 0 bridgehead atoms. The SMILES string of the molecule is CCCCCCC(=O)c1ccc(OCCCc2c[nH]cn2)cc1. The first kappa shape index (κ1) is 17.3. The monoisotopic (exact) mass is 314 g/mol. The summed E-state index contributed by atoms with van der Waals surface area (Å²) in [7, 11) is 0. The minimum atomic E-state index is 0.228. The molecule has 1 aromatic carbocycles. The molecule has 2 aromatic rings. The van der Waals surface area contributed by atoms with Gasteiger partial charge in [-0.2, -0.15) is 0 Å². The highest BCUT2D eigenvalue weighted by Crippen LogP contribution is 2.15. The number of benzene rings is 1. The Labute approximate surface area is 138 Å². The highest BCUT2D eigenvalue weighted by atomic mass is 16.5. The summed E-state index contributed by atoms with van der Waals surface area (Å²) < 4.78 is 5.70. The Balaban J connectivity index is 1.68. The average Bonchev–Trinajstić information content (AvgIpc) is 3.09. The molecular formula is C19H26N2O2. The molecule has 124 valence electrons. The van der Waals surface area contributed by atoms with Crippen LogP contribution in [0.1, 0.15) is 61.5 Å². The van der Waals surface area contributed by atoms with Crippen LogP contribution in [0.5, 0.6) is 5.75 Å². The number of nitrogens with one attached hydrogen (secondary N) is 1. The normalized spacial score (nSPS) is 10.7. The first-order chi connectivity index (χ1) is 11.3. The Bertz CT molecular complexity index is 562. The zero-order chi connectivity index (χ0) is 16.3. The van der Waals surface area contributed by atoms with Gasteiger partial charge in [-0.15, -0.1) is 0 Å².